The van der Waals surface area contributed by atoms with Gasteiger partial charge in [0.15, 0.2) is 5.78 Å². The molecule has 0 N–H and O–H groups in total. The van der Waals surface area contributed by atoms with E-state index in [0.717, 1.165) is 23.4 Å². The fourth-order valence-electron chi connectivity index (χ4n) is 2.49. The number of aromatic nitrogens is 2. The molecule has 0 saturated heterocycles. The molecule has 1 heterocycles. The van der Waals surface area contributed by atoms with Gasteiger partial charge in [-0.3, -0.25) is 4.79 Å². The lowest BCUT2D eigenvalue weighted by Crippen LogP contribution is -2.09. The van der Waals surface area contributed by atoms with E-state index in [9.17, 15) is 4.79 Å². The Labute approximate surface area is 128 Å². The Kier molecular flexibility index (Phi) is 3.76. The molecule has 3 nitrogen and oxygen atoms in total. The molecule has 0 fully saturated rings. The minimum absolute atomic E-state index is 0.0525. The van der Waals surface area contributed by atoms with Crippen molar-refractivity contribution >= 4 is 28.4 Å². The van der Waals surface area contributed by atoms with E-state index in [1.807, 2.05) is 24.3 Å². The zero-order valence-corrected chi connectivity index (χ0v) is 12.5. The van der Waals surface area contributed by atoms with Crippen LogP contribution in [0.3, 0.4) is 0 Å². The largest absolute Gasteiger partial charge is 0.328 e. The minimum atomic E-state index is 0.0525. The van der Waals surface area contributed by atoms with Crippen LogP contribution < -0.4 is 0 Å². The van der Waals surface area contributed by atoms with Gasteiger partial charge in [-0.05, 0) is 43.3 Å². The van der Waals surface area contributed by atoms with Gasteiger partial charge in [-0.15, -0.1) is 0 Å². The van der Waals surface area contributed by atoms with Crippen molar-refractivity contribution < 1.29 is 4.79 Å². The number of imidazole rings is 1. The number of fused-ring (bicyclic) bond motifs is 1. The highest BCUT2D eigenvalue weighted by Gasteiger charge is 2.14. The van der Waals surface area contributed by atoms with Gasteiger partial charge in [-0.1, -0.05) is 23.7 Å². The number of benzene rings is 2. The summed E-state index contributed by atoms with van der Waals surface area (Å²) < 4.78 is 2.09. The molecule has 0 radical (unpaired) electrons. The van der Waals surface area contributed by atoms with Gasteiger partial charge >= 0.3 is 0 Å². The first-order valence-electron chi connectivity index (χ1n) is 6.92. The Balaban J connectivity index is 1.94. The van der Waals surface area contributed by atoms with Crippen molar-refractivity contribution in [1.82, 2.24) is 9.55 Å². The second-order valence-corrected chi connectivity index (χ2v) is 5.30. The Morgan fingerprint density at radius 1 is 1.14 bits per heavy atom. The molecule has 0 atom stereocenters. The summed E-state index contributed by atoms with van der Waals surface area (Å²) in [6.45, 7) is 2.86. The van der Waals surface area contributed by atoms with E-state index in [0.29, 0.717) is 17.0 Å². The Morgan fingerprint density at radius 3 is 2.57 bits per heavy atom. The SMILES string of the molecule is CCn1c(CC(=O)c2ccc(Cl)cc2)nc2ccccc21. The Bertz CT molecular complexity index is 790. The fourth-order valence-corrected chi connectivity index (χ4v) is 2.62. The molecule has 0 aliphatic rings. The second kappa shape index (κ2) is 5.70. The van der Waals surface area contributed by atoms with Crippen molar-refractivity contribution in [3.05, 3.63) is 64.9 Å². The van der Waals surface area contributed by atoms with Gasteiger partial charge in [0.2, 0.25) is 0 Å². The zero-order chi connectivity index (χ0) is 14.8. The molecular formula is C17H15ClN2O. The standard InChI is InChI=1S/C17H15ClN2O/c1-2-20-15-6-4-3-5-14(15)19-17(20)11-16(21)12-7-9-13(18)10-8-12/h3-10H,2,11H2,1H3. The zero-order valence-electron chi connectivity index (χ0n) is 11.7. The molecule has 0 spiro atoms. The highest BCUT2D eigenvalue weighted by molar-refractivity contribution is 6.30. The van der Waals surface area contributed by atoms with Crippen LogP contribution >= 0.6 is 11.6 Å². The van der Waals surface area contributed by atoms with Crippen molar-refractivity contribution in [3.63, 3.8) is 0 Å². The molecule has 1 aromatic heterocycles. The molecular weight excluding hydrogens is 284 g/mol. The average molecular weight is 299 g/mol. The third-order valence-corrected chi connectivity index (χ3v) is 3.79. The summed E-state index contributed by atoms with van der Waals surface area (Å²) >= 11 is 5.85. The molecule has 3 aromatic rings. The smallest absolute Gasteiger partial charge is 0.170 e. The number of Topliss-reactive ketones (excluding diaryl/α,β-unsaturated/α-hetero) is 1. The molecule has 2 aromatic carbocycles. The van der Waals surface area contributed by atoms with Gasteiger partial charge in [-0.25, -0.2) is 4.98 Å². The van der Waals surface area contributed by atoms with Gasteiger partial charge in [0.25, 0.3) is 0 Å². The summed E-state index contributed by atoms with van der Waals surface area (Å²) in [5.41, 5.74) is 2.66. The molecule has 0 aliphatic carbocycles. The fraction of sp³-hybridized carbons (Fsp3) is 0.176. The summed E-state index contributed by atoms with van der Waals surface area (Å²) in [5.74, 6) is 0.857. The summed E-state index contributed by atoms with van der Waals surface area (Å²) in [7, 11) is 0. The molecule has 21 heavy (non-hydrogen) atoms. The van der Waals surface area contributed by atoms with E-state index in [1.54, 1.807) is 24.3 Å². The van der Waals surface area contributed by atoms with E-state index in [1.165, 1.54) is 0 Å². The highest BCUT2D eigenvalue weighted by atomic mass is 35.5. The number of halogens is 1. The number of rotatable bonds is 4. The number of carbonyl (C=O) groups excluding carboxylic acids is 1. The molecule has 0 unspecified atom stereocenters. The Morgan fingerprint density at radius 2 is 1.86 bits per heavy atom. The first-order chi connectivity index (χ1) is 10.2. The molecule has 106 valence electrons. The third kappa shape index (κ3) is 2.69. The summed E-state index contributed by atoms with van der Waals surface area (Å²) in [6.07, 6.45) is 0.296. The normalized spacial score (nSPS) is 11.0. The van der Waals surface area contributed by atoms with Crippen LogP contribution in [0.15, 0.2) is 48.5 Å². The van der Waals surface area contributed by atoms with Crippen molar-refractivity contribution in [2.24, 2.45) is 0 Å². The van der Waals surface area contributed by atoms with Crippen LogP contribution in [0, 0.1) is 0 Å². The summed E-state index contributed by atoms with van der Waals surface area (Å²) in [4.78, 5) is 17.0. The Hall–Kier alpha value is -2.13. The predicted molar refractivity (Wildman–Crippen MR) is 84.9 cm³/mol. The maximum Gasteiger partial charge on any atom is 0.170 e. The molecule has 0 bridgehead atoms. The topological polar surface area (TPSA) is 34.9 Å². The van der Waals surface area contributed by atoms with Gasteiger partial charge in [0.1, 0.15) is 5.82 Å². The van der Waals surface area contributed by atoms with E-state index in [2.05, 4.69) is 16.5 Å². The van der Waals surface area contributed by atoms with Crippen LogP contribution in [-0.4, -0.2) is 15.3 Å². The van der Waals surface area contributed by atoms with Crippen LogP contribution in [0.2, 0.25) is 5.02 Å². The number of para-hydroxylation sites is 2. The first kappa shape index (κ1) is 13.8. The van der Waals surface area contributed by atoms with Crippen LogP contribution in [-0.2, 0) is 13.0 Å². The molecule has 0 aliphatic heterocycles. The van der Waals surface area contributed by atoms with Crippen LogP contribution in [0.25, 0.3) is 11.0 Å². The number of nitrogens with zero attached hydrogens (tertiary/aromatic N) is 2. The lowest BCUT2D eigenvalue weighted by molar-refractivity contribution is 0.0990. The molecule has 0 amide bonds. The quantitative estimate of drug-likeness (QED) is 0.679. The van der Waals surface area contributed by atoms with Gasteiger partial charge in [0, 0.05) is 17.1 Å². The van der Waals surface area contributed by atoms with Crippen molar-refractivity contribution in [3.8, 4) is 0 Å². The van der Waals surface area contributed by atoms with E-state index < -0.39 is 0 Å². The summed E-state index contributed by atoms with van der Waals surface area (Å²) in [5, 5.41) is 0.632. The lowest BCUT2D eigenvalue weighted by Gasteiger charge is -2.05. The van der Waals surface area contributed by atoms with Gasteiger partial charge in [-0.2, -0.15) is 0 Å². The average Bonchev–Trinajstić information content (AvgIpc) is 2.84. The third-order valence-electron chi connectivity index (χ3n) is 3.53. The highest BCUT2D eigenvalue weighted by Crippen LogP contribution is 2.18. The number of ketones is 1. The summed E-state index contributed by atoms with van der Waals surface area (Å²) in [6, 6.07) is 14.9. The van der Waals surface area contributed by atoms with Crippen LogP contribution in [0.5, 0.6) is 0 Å². The van der Waals surface area contributed by atoms with Gasteiger partial charge in [0.05, 0.1) is 17.5 Å². The van der Waals surface area contributed by atoms with Crippen molar-refractivity contribution in [1.29, 1.82) is 0 Å². The number of carbonyl (C=O) groups is 1. The molecule has 0 saturated carbocycles. The van der Waals surface area contributed by atoms with E-state index >= 15 is 0 Å². The maximum absolute atomic E-state index is 12.4. The number of hydrogen-bond acceptors (Lipinski definition) is 2. The van der Waals surface area contributed by atoms with Gasteiger partial charge < -0.3 is 4.57 Å². The maximum atomic E-state index is 12.4. The van der Waals surface area contributed by atoms with E-state index in [-0.39, 0.29) is 5.78 Å². The van der Waals surface area contributed by atoms with Crippen molar-refractivity contribution in [2.45, 2.75) is 19.9 Å². The van der Waals surface area contributed by atoms with E-state index in [4.69, 9.17) is 11.6 Å². The van der Waals surface area contributed by atoms with Crippen LogP contribution in [0.4, 0.5) is 0 Å². The minimum Gasteiger partial charge on any atom is -0.328 e. The van der Waals surface area contributed by atoms with Crippen LogP contribution in [0.1, 0.15) is 23.1 Å². The number of hydrogen-bond donors (Lipinski definition) is 0. The predicted octanol–water partition coefficient (Wildman–Crippen LogP) is 4.14. The van der Waals surface area contributed by atoms with Crippen molar-refractivity contribution in [2.75, 3.05) is 0 Å². The first-order valence-corrected chi connectivity index (χ1v) is 7.29. The monoisotopic (exact) mass is 298 g/mol. The lowest BCUT2D eigenvalue weighted by atomic mass is 10.1. The number of aryl methyl sites for hydroxylation is 1. The molecule has 3 rings (SSSR count). The second-order valence-electron chi connectivity index (χ2n) is 4.87. The molecule has 4 heteroatoms.